The Bertz CT molecular complexity index is 428. The van der Waals surface area contributed by atoms with Crippen LogP contribution in [-0.4, -0.2) is 14.4 Å². The van der Waals surface area contributed by atoms with E-state index in [9.17, 15) is 0 Å². The molecule has 0 spiro atoms. The summed E-state index contributed by atoms with van der Waals surface area (Å²) >= 11 is 0. The third-order valence-corrected chi connectivity index (χ3v) is 10.6. The molecule has 0 amide bonds. The van der Waals surface area contributed by atoms with Gasteiger partial charge in [0.1, 0.15) is 0 Å². The summed E-state index contributed by atoms with van der Waals surface area (Å²) < 4.78 is 6.81. The molecule has 0 unspecified atom stereocenters. The summed E-state index contributed by atoms with van der Waals surface area (Å²) in [7, 11) is -1.67. The number of rotatable bonds is 2. The van der Waals surface area contributed by atoms with Gasteiger partial charge in [-0.3, -0.25) is 0 Å². The van der Waals surface area contributed by atoms with Crippen LogP contribution in [0.3, 0.4) is 0 Å². The van der Waals surface area contributed by atoms with Crippen molar-refractivity contribution in [3.63, 3.8) is 0 Å². The van der Waals surface area contributed by atoms with Crippen LogP contribution < -0.4 is 0 Å². The summed E-state index contributed by atoms with van der Waals surface area (Å²) in [5, 5.41) is 0.303. The average molecular weight is 335 g/mol. The lowest BCUT2D eigenvalue weighted by atomic mass is 9.98. The standard InChI is InChI=1S/C21H38OSi/c1-21(2,3)23(4,5)22-20-17-18-14-12-10-8-6-7-9-11-13-15-19(20)16-18/h12,14,16,19-20H,6-11,13,15,17H2,1-5H3/b14-12+/t19-,20+/m1/s1. The number of allylic oxidation sites excluding steroid dienone is 2. The van der Waals surface area contributed by atoms with Gasteiger partial charge in [-0.2, -0.15) is 0 Å². The van der Waals surface area contributed by atoms with Crippen LogP contribution in [0.15, 0.2) is 23.8 Å². The van der Waals surface area contributed by atoms with E-state index in [0.29, 0.717) is 17.1 Å². The lowest BCUT2D eigenvalue weighted by Gasteiger charge is -2.40. The van der Waals surface area contributed by atoms with Gasteiger partial charge >= 0.3 is 0 Å². The lowest BCUT2D eigenvalue weighted by molar-refractivity contribution is 0.144. The van der Waals surface area contributed by atoms with E-state index < -0.39 is 8.32 Å². The molecule has 0 saturated carbocycles. The molecule has 132 valence electrons. The third kappa shape index (κ3) is 5.60. The number of hydrogen-bond acceptors (Lipinski definition) is 1. The molecule has 0 aliphatic heterocycles. The summed E-state index contributed by atoms with van der Waals surface area (Å²) in [5.74, 6) is 0.643. The Balaban J connectivity index is 2.05. The third-order valence-electron chi connectivity index (χ3n) is 6.08. The van der Waals surface area contributed by atoms with Crippen LogP contribution in [0.4, 0.5) is 0 Å². The maximum atomic E-state index is 6.81. The first-order valence-corrected chi connectivity index (χ1v) is 12.8. The molecule has 0 heterocycles. The Hall–Kier alpha value is -0.343. The highest BCUT2D eigenvalue weighted by molar-refractivity contribution is 6.74. The van der Waals surface area contributed by atoms with Gasteiger partial charge in [-0.05, 0) is 49.4 Å². The Morgan fingerprint density at radius 2 is 1.65 bits per heavy atom. The first-order chi connectivity index (χ1) is 10.8. The van der Waals surface area contributed by atoms with Gasteiger partial charge in [0.2, 0.25) is 0 Å². The average Bonchev–Trinajstić information content (AvgIpc) is 2.81. The van der Waals surface area contributed by atoms with Crippen LogP contribution in [0.5, 0.6) is 0 Å². The fourth-order valence-electron chi connectivity index (χ4n) is 3.50. The van der Waals surface area contributed by atoms with Crippen molar-refractivity contribution in [2.75, 3.05) is 0 Å². The zero-order valence-electron chi connectivity index (χ0n) is 16.2. The predicted octanol–water partition coefficient (Wildman–Crippen LogP) is 7.01. The van der Waals surface area contributed by atoms with Gasteiger partial charge in [0, 0.05) is 5.92 Å². The molecule has 0 aromatic carbocycles. The molecule has 0 aromatic rings. The molecule has 0 aromatic heterocycles. The summed E-state index contributed by atoms with van der Waals surface area (Å²) in [6.45, 7) is 11.8. The Kier molecular flexibility index (Phi) is 6.73. The van der Waals surface area contributed by atoms with Crippen LogP contribution in [-0.2, 0) is 4.43 Å². The Morgan fingerprint density at radius 1 is 1.00 bits per heavy atom. The molecule has 2 bridgehead atoms. The van der Waals surface area contributed by atoms with Gasteiger partial charge in [-0.15, -0.1) is 0 Å². The molecule has 2 rings (SSSR count). The van der Waals surface area contributed by atoms with Gasteiger partial charge in [0.15, 0.2) is 8.32 Å². The van der Waals surface area contributed by atoms with Crippen molar-refractivity contribution in [3.8, 4) is 0 Å². The summed E-state index contributed by atoms with van der Waals surface area (Å²) in [4.78, 5) is 0. The highest BCUT2D eigenvalue weighted by atomic mass is 28.4. The van der Waals surface area contributed by atoms with Gasteiger partial charge in [-0.1, -0.05) is 71.1 Å². The van der Waals surface area contributed by atoms with Gasteiger partial charge in [0.05, 0.1) is 6.10 Å². The van der Waals surface area contributed by atoms with E-state index in [-0.39, 0.29) is 0 Å². The smallest absolute Gasteiger partial charge is 0.192 e. The molecular weight excluding hydrogens is 296 g/mol. The molecule has 1 nitrogen and oxygen atoms in total. The molecule has 0 saturated heterocycles. The normalized spacial score (nSPS) is 29.2. The predicted molar refractivity (Wildman–Crippen MR) is 104 cm³/mol. The van der Waals surface area contributed by atoms with Crippen molar-refractivity contribution in [1.82, 2.24) is 0 Å². The number of hydrogen-bond donors (Lipinski definition) is 0. The van der Waals surface area contributed by atoms with Gasteiger partial charge in [0.25, 0.3) is 0 Å². The van der Waals surface area contributed by atoms with Crippen LogP contribution in [0.25, 0.3) is 0 Å². The van der Waals surface area contributed by atoms with E-state index in [1.807, 2.05) is 0 Å². The fourth-order valence-corrected chi connectivity index (χ4v) is 4.86. The summed E-state index contributed by atoms with van der Waals surface area (Å²) in [5.41, 5.74) is 1.53. The molecule has 0 fully saturated rings. The zero-order valence-corrected chi connectivity index (χ0v) is 17.2. The first-order valence-electron chi connectivity index (χ1n) is 9.85. The quantitative estimate of drug-likeness (QED) is 0.493. The van der Waals surface area contributed by atoms with E-state index in [4.69, 9.17) is 4.43 Å². The van der Waals surface area contributed by atoms with Crippen LogP contribution in [0.2, 0.25) is 18.1 Å². The minimum Gasteiger partial charge on any atom is -0.413 e. The molecule has 0 radical (unpaired) electrons. The minimum absolute atomic E-state index is 0.303. The van der Waals surface area contributed by atoms with Crippen molar-refractivity contribution in [2.45, 2.75) is 103 Å². The van der Waals surface area contributed by atoms with Crippen molar-refractivity contribution in [2.24, 2.45) is 5.92 Å². The van der Waals surface area contributed by atoms with Crippen molar-refractivity contribution in [1.29, 1.82) is 0 Å². The second kappa shape index (κ2) is 8.16. The largest absolute Gasteiger partial charge is 0.413 e. The maximum Gasteiger partial charge on any atom is 0.192 e. The molecule has 2 atom stereocenters. The van der Waals surface area contributed by atoms with Gasteiger partial charge in [-0.25, -0.2) is 0 Å². The highest BCUT2D eigenvalue weighted by Gasteiger charge is 2.41. The van der Waals surface area contributed by atoms with E-state index in [0.717, 1.165) is 6.42 Å². The molecule has 2 aliphatic rings. The van der Waals surface area contributed by atoms with E-state index >= 15 is 0 Å². The second-order valence-electron chi connectivity index (χ2n) is 9.13. The zero-order chi connectivity index (χ0) is 16.9. The Labute approximate surface area is 145 Å². The van der Waals surface area contributed by atoms with E-state index in [1.54, 1.807) is 0 Å². The SMILES string of the molecule is CC(C)(C)[Si](C)(C)O[C@H]1CC2=C[C@H]1CCCCCCCC/C=C/2. The first kappa shape index (κ1) is 19.0. The van der Waals surface area contributed by atoms with Crippen molar-refractivity contribution < 1.29 is 4.43 Å². The fraction of sp³-hybridized carbons (Fsp3) is 0.810. The Morgan fingerprint density at radius 3 is 2.35 bits per heavy atom. The van der Waals surface area contributed by atoms with Gasteiger partial charge < -0.3 is 4.43 Å². The molecule has 2 heteroatoms. The number of fused-ring (bicyclic) bond motifs is 1. The second-order valence-corrected chi connectivity index (χ2v) is 13.9. The monoisotopic (exact) mass is 334 g/mol. The van der Waals surface area contributed by atoms with Crippen LogP contribution >= 0.6 is 0 Å². The van der Waals surface area contributed by atoms with E-state index in [1.165, 1.54) is 56.9 Å². The molecule has 23 heavy (non-hydrogen) atoms. The van der Waals surface area contributed by atoms with Crippen molar-refractivity contribution >= 4 is 8.32 Å². The molecule has 2 aliphatic carbocycles. The summed E-state index contributed by atoms with van der Waals surface area (Å²) in [6.07, 6.45) is 19.8. The minimum atomic E-state index is -1.67. The van der Waals surface area contributed by atoms with Crippen LogP contribution in [0.1, 0.15) is 78.6 Å². The maximum absolute atomic E-state index is 6.81. The van der Waals surface area contributed by atoms with Crippen molar-refractivity contribution in [3.05, 3.63) is 23.8 Å². The lowest BCUT2D eigenvalue weighted by Crippen LogP contribution is -2.44. The molecular formula is C21H38OSi. The highest BCUT2D eigenvalue weighted by Crippen LogP contribution is 2.41. The molecule has 0 N–H and O–H groups in total. The topological polar surface area (TPSA) is 9.23 Å². The van der Waals surface area contributed by atoms with Crippen LogP contribution in [0, 0.1) is 5.92 Å². The van der Waals surface area contributed by atoms with E-state index in [2.05, 4.69) is 52.1 Å². The summed E-state index contributed by atoms with van der Waals surface area (Å²) in [6, 6.07) is 0.